The Labute approximate surface area is 96.9 Å². The summed E-state index contributed by atoms with van der Waals surface area (Å²) in [6, 6.07) is 6.22. The van der Waals surface area contributed by atoms with Gasteiger partial charge in [0.25, 0.3) is 11.8 Å². The van der Waals surface area contributed by atoms with Crippen LogP contribution in [0.5, 0.6) is 0 Å². The van der Waals surface area contributed by atoms with E-state index < -0.39 is 17.8 Å². The SMILES string of the molecule is C#CCC(=O)ON1C(=O)c2ccccc2C1=O. The number of hydrogen-bond acceptors (Lipinski definition) is 4. The Morgan fingerprint density at radius 1 is 1.24 bits per heavy atom. The van der Waals surface area contributed by atoms with Gasteiger partial charge in [0, 0.05) is 0 Å². The second-order valence-electron chi connectivity index (χ2n) is 3.29. The van der Waals surface area contributed by atoms with Crippen molar-refractivity contribution >= 4 is 17.8 Å². The van der Waals surface area contributed by atoms with Crippen LogP contribution < -0.4 is 0 Å². The summed E-state index contributed by atoms with van der Waals surface area (Å²) in [6.45, 7) is 0. The molecule has 5 nitrogen and oxygen atoms in total. The van der Waals surface area contributed by atoms with Crippen LogP contribution in [0.25, 0.3) is 0 Å². The fourth-order valence-corrected chi connectivity index (χ4v) is 1.47. The second-order valence-corrected chi connectivity index (χ2v) is 3.29. The zero-order chi connectivity index (χ0) is 12.4. The predicted molar refractivity (Wildman–Crippen MR) is 56.5 cm³/mol. The van der Waals surface area contributed by atoms with Crippen LogP contribution in [0.2, 0.25) is 0 Å². The molecule has 1 aliphatic rings. The van der Waals surface area contributed by atoms with E-state index in [0.717, 1.165) is 0 Å². The molecule has 0 saturated carbocycles. The standard InChI is InChI=1S/C12H7NO4/c1-2-5-10(14)17-13-11(15)8-6-3-4-7-9(8)12(13)16/h1,3-4,6-7H,5H2. The molecule has 0 bridgehead atoms. The van der Waals surface area contributed by atoms with E-state index in [9.17, 15) is 14.4 Å². The van der Waals surface area contributed by atoms with Crippen LogP contribution in [0, 0.1) is 12.3 Å². The molecule has 0 fully saturated rings. The molecule has 0 unspecified atom stereocenters. The van der Waals surface area contributed by atoms with Gasteiger partial charge in [-0.25, -0.2) is 4.79 Å². The van der Waals surface area contributed by atoms with Gasteiger partial charge in [0.1, 0.15) is 6.42 Å². The Hall–Kier alpha value is -2.61. The average molecular weight is 229 g/mol. The number of carbonyl (C=O) groups excluding carboxylic acids is 3. The number of rotatable bonds is 2. The number of carbonyl (C=O) groups is 3. The summed E-state index contributed by atoms with van der Waals surface area (Å²) in [4.78, 5) is 39.2. The second kappa shape index (κ2) is 4.10. The fourth-order valence-electron chi connectivity index (χ4n) is 1.47. The monoisotopic (exact) mass is 229 g/mol. The highest BCUT2D eigenvalue weighted by Gasteiger charge is 2.38. The molecule has 5 heteroatoms. The quantitative estimate of drug-likeness (QED) is 0.555. The molecule has 0 saturated heterocycles. The van der Waals surface area contributed by atoms with Gasteiger partial charge in [0.15, 0.2) is 0 Å². The first-order valence-electron chi connectivity index (χ1n) is 4.77. The maximum absolute atomic E-state index is 11.7. The summed E-state index contributed by atoms with van der Waals surface area (Å²) in [6.07, 6.45) is 4.62. The molecule has 0 aliphatic carbocycles. The van der Waals surface area contributed by atoms with Gasteiger partial charge in [-0.05, 0) is 12.1 Å². The van der Waals surface area contributed by atoms with Crippen molar-refractivity contribution in [2.75, 3.05) is 0 Å². The van der Waals surface area contributed by atoms with Crippen LogP contribution in [-0.4, -0.2) is 22.8 Å². The van der Waals surface area contributed by atoms with E-state index in [1.54, 1.807) is 12.1 Å². The topological polar surface area (TPSA) is 63.7 Å². The summed E-state index contributed by atoms with van der Waals surface area (Å²) in [5.74, 6) is -0.0622. The van der Waals surface area contributed by atoms with Crippen LogP contribution in [0.15, 0.2) is 24.3 Å². The highest BCUT2D eigenvalue weighted by molar-refractivity contribution is 6.20. The third-order valence-electron chi connectivity index (χ3n) is 2.20. The third kappa shape index (κ3) is 1.76. The van der Waals surface area contributed by atoms with Gasteiger partial charge >= 0.3 is 5.97 Å². The van der Waals surface area contributed by atoms with Crippen LogP contribution in [0.1, 0.15) is 27.1 Å². The first kappa shape index (κ1) is 10.9. The number of hydroxylamine groups is 2. The van der Waals surface area contributed by atoms with Crippen molar-refractivity contribution < 1.29 is 19.2 Å². The van der Waals surface area contributed by atoms with Gasteiger partial charge in [0.05, 0.1) is 11.1 Å². The maximum Gasteiger partial charge on any atom is 0.345 e. The van der Waals surface area contributed by atoms with E-state index in [1.807, 2.05) is 0 Å². The largest absolute Gasteiger partial charge is 0.345 e. The summed E-state index contributed by atoms with van der Waals surface area (Å²) in [5, 5.41) is 0.435. The molecule has 0 atom stereocenters. The lowest BCUT2D eigenvalue weighted by Gasteiger charge is -2.11. The molecule has 1 aromatic carbocycles. The summed E-state index contributed by atoms with van der Waals surface area (Å²) >= 11 is 0. The Kier molecular flexibility index (Phi) is 2.63. The van der Waals surface area contributed by atoms with Gasteiger partial charge in [-0.15, -0.1) is 6.42 Å². The number of terminal acetylenes is 1. The molecule has 0 N–H and O–H groups in total. The Morgan fingerprint density at radius 2 is 1.76 bits per heavy atom. The Bertz CT molecular complexity index is 521. The first-order chi connectivity index (χ1) is 8.15. The smallest absolute Gasteiger partial charge is 0.329 e. The third-order valence-corrected chi connectivity index (χ3v) is 2.20. The van der Waals surface area contributed by atoms with Crippen molar-refractivity contribution in [1.82, 2.24) is 5.06 Å². The highest BCUT2D eigenvalue weighted by atomic mass is 16.7. The number of hydrogen-bond donors (Lipinski definition) is 0. The lowest BCUT2D eigenvalue weighted by atomic mass is 10.1. The summed E-state index contributed by atoms with van der Waals surface area (Å²) in [5.41, 5.74) is 0.428. The van der Waals surface area contributed by atoms with E-state index in [4.69, 9.17) is 6.42 Å². The van der Waals surface area contributed by atoms with Gasteiger partial charge in [-0.3, -0.25) is 9.59 Å². The molecular formula is C12H7NO4. The molecule has 2 amide bonds. The van der Waals surface area contributed by atoms with Gasteiger partial charge in [-0.1, -0.05) is 23.1 Å². The molecule has 0 spiro atoms. The van der Waals surface area contributed by atoms with Crippen LogP contribution in [-0.2, 0) is 9.63 Å². The average Bonchev–Trinajstić information content (AvgIpc) is 2.56. The normalized spacial score (nSPS) is 13.2. The van der Waals surface area contributed by atoms with E-state index in [2.05, 4.69) is 10.8 Å². The fraction of sp³-hybridized carbons (Fsp3) is 0.0833. The lowest BCUT2D eigenvalue weighted by molar-refractivity contribution is -0.167. The van der Waals surface area contributed by atoms with Gasteiger partial charge < -0.3 is 4.84 Å². The van der Waals surface area contributed by atoms with E-state index in [1.165, 1.54) is 12.1 Å². The van der Waals surface area contributed by atoms with Crippen molar-refractivity contribution in [2.24, 2.45) is 0 Å². The number of benzene rings is 1. The number of amides is 2. The van der Waals surface area contributed by atoms with Crippen molar-refractivity contribution in [3.63, 3.8) is 0 Å². The summed E-state index contributed by atoms with van der Waals surface area (Å²) < 4.78 is 0. The molecule has 1 aliphatic heterocycles. The van der Waals surface area contributed by atoms with Gasteiger partial charge in [-0.2, -0.15) is 0 Å². The Morgan fingerprint density at radius 3 is 2.24 bits per heavy atom. The van der Waals surface area contributed by atoms with E-state index >= 15 is 0 Å². The number of nitrogens with zero attached hydrogens (tertiary/aromatic N) is 1. The van der Waals surface area contributed by atoms with E-state index in [0.29, 0.717) is 5.06 Å². The zero-order valence-electron chi connectivity index (χ0n) is 8.67. The van der Waals surface area contributed by atoms with Crippen molar-refractivity contribution in [3.05, 3.63) is 35.4 Å². The van der Waals surface area contributed by atoms with E-state index in [-0.39, 0.29) is 17.5 Å². The lowest BCUT2D eigenvalue weighted by Crippen LogP contribution is -2.32. The van der Waals surface area contributed by atoms with Gasteiger partial charge in [0.2, 0.25) is 0 Å². The first-order valence-corrected chi connectivity index (χ1v) is 4.77. The van der Waals surface area contributed by atoms with Crippen molar-refractivity contribution in [3.8, 4) is 12.3 Å². The molecule has 2 rings (SSSR count). The van der Waals surface area contributed by atoms with Crippen LogP contribution in [0.3, 0.4) is 0 Å². The minimum absolute atomic E-state index is 0.214. The molecule has 17 heavy (non-hydrogen) atoms. The molecule has 0 aromatic heterocycles. The molecule has 84 valence electrons. The highest BCUT2D eigenvalue weighted by Crippen LogP contribution is 2.22. The van der Waals surface area contributed by atoms with Crippen molar-refractivity contribution in [2.45, 2.75) is 6.42 Å². The minimum atomic E-state index is -0.818. The van der Waals surface area contributed by atoms with Crippen molar-refractivity contribution in [1.29, 1.82) is 0 Å². The zero-order valence-corrected chi connectivity index (χ0v) is 8.67. The Balaban J connectivity index is 2.25. The number of imide groups is 1. The molecule has 1 heterocycles. The van der Waals surface area contributed by atoms with Crippen LogP contribution >= 0.6 is 0 Å². The minimum Gasteiger partial charge on any atom is -0.329 e. The maximum atomic E-state index is 11.7. The predicted octanol–water partition coefficient (Wildman–Crippen LogP) is 0.764. The molecule has 0 radical (unpaired) electrons. The number of fused-ring (bicyclic) bond motifs is 1. The molecular weight excluding hydrogens is 222 g/mol. The summed E-state index contributed by atoms with van der Waals surface area (Å²) in [7, 11) is 0. The van der Waals surface area contributed by atoms with Crippen LogP contribution in [0.4, 0.5) is 0 Å². The molecule has 1 aromatic rings.